The Hall–Kier alpha value is -0.650. The lowest BCUT2D eigenvalue weighted by Crippen LogP contribution is -2.32. The number of ether oxygens (including phenoxy) is 1. The number of aliphatic hydroxyl groups excluding tert-OH is 1. The highest BCUT2D eigenvalue weighted by Gasteiger charge is 2.12. The molecule has 0 rings (SSSR count). The summed E-state index contributed by atoms with van der Waals surface area (Å²) in [6.07, 6.45) is -1.38. The van der Waals surface area contributed by atoms with E-state index in [1.54, 1.807) is 6.92 Å². The summed E-state index contributed by atoms with van der Waals surface area (Å²) < 4.78 is 4.47. The predicted octanol–water partition coefficient (Wildman–Crippen LogP) is -1.30. The fourth-order valence-corrected chi connectivity index (χ4v) is 0.713. The van der Waals surface area contributed by atoms with Gasteiger partial charge in [-0.3, -0.25) is 4.79 Å². The minimum Gasteiger partial charge on any atom is -0.469 e. The number of nitrogens with one attached hydrogen (secondary N) is 1. The summed E-state index contributed by atoms with van der Waals surface area (Å²) in [5.74, 6) is -0.580. The number of rotatable bonds is 5. The first-order valence-electron chi connectivity index (χ1n) is 3.72. The molecule has 0 heterocycles. The lowest BCUT2D eigenvalue weighted by Gasteiger charge is -2.10. The average molecular weight is 177 g/mol. The van der Waals surface area contributed by atoms with E-state index in [4.69, 9.17) is 10.2 Å². The topological polar surface area (TPSA) is 78.8 Å². The molecule has 0 bridgehead atoms. The van der Waals surface area contributed by atoms with E-state index in [1.807, 2.05) is 0 Å². The van der Waals surface area contributed by atoms with Crippen molar-refractivity contribution in [3.05, 3.63) is 0 Å². The van der Waals surface area contributed by atoms with E-state index >= 15 is 0 Å². The SMILES string of the molecule is COC(=O)C(C)CNCC(O)O. The summed E-state index contributed by atoms with van der Waals surface area (Å²) >= 11 is 0. The van der Waals surface area contributed by atoms with Gasteiger partial charge in [-0.2, -0.15) is 0 Å². The molecular formula is C7H15NO4. The van der Waals surface area contributed by atoms with Crippen molar-refractivity contribution in [1.82, 2.24) is 5.32 Å². The zero-order valence-corrected chi connectivity index (χ0v) is 7.28. The molecule has 0 aliphatic rings. The van der Waals surface area contributed by atoms with Gasteiger partial charge in [-0.15, -0.1) is 0 Å². The fraction of sp³-hybridized carbons (Fsp3) is 0.857. The van der Waals surface area contributed by atoms with E-state index in [0.29, 0.717) is 6.54 Å². The van der Waals surface area contributed by atoms with E-state index in [9.17, 15) is 4.79 Å². The van der Waals surface area contributed by atoms with Crippen LogP contribution in [0.5, 0.6) is 0 Å². The molecule has 0 radical (unpaired) electrons. The molecule has 0 aliphatic heterocycles. The van der Waals surface area contributed by atoms with Gasteiger partial charge in [0.25, 0.3) is 0 Å². The third-order valence-electron chi connectivity index (χ3n) is 1.38. The molecule has 0 fully saturated rings. The van der Waals surface area contributed by atoms with Crippen LogP contribution in [0.4, 0.5) is 0 Å². The zero-order valence-electron chi connectivity index (χ0n) is 7.28. The van der Waals surface area contributed by atoms with Crippen LogP contribution in [0.25, 0.3) is 0 Å². The Bertz CT molecular complexity index is 137. The quantitative estimate of drug-likeness (QED) is 0.359. The second-order valence-electron chi connectivity index (χ2n) is 2.56. The average Bonchev–Trinajstić information content (AvgIpc) is 2.02. The van der Waals surface area contributed by atoms with Crippen LogP contribution in [0.2, 0.25) is 0 Å². The molecule has 0 amide bonds. The van der Waals surface area contributed by atoms with Crippen molar-refractivity contribution in [1.29, 1.82) is 0 Å². The summed E-state index contributed by atoms with van der Waals surface area (Å²) in [6, 6.07) is 0. The molecule has 0 aromatic rings. The molecular weight excluding hydrogens is 162 g/mol. The summed E-state index contributed by atoms with van der Waals surface area (Å²) in [6.45, 7) is 2.13. The molecule has 5 nitrogen and oxygen atoms in total. The molecule has 0 saturated carbocycles. The van der Waals surface area contributed by atoms with Gasteiger partial charge in [0.15, 0.2) is 6.29 Å². The van der Waals surface area contributed by atoms with Gasteiger partial charge in [0.05, 0.1) is 13.0 Å². The molecule has 1 atom stereocenters. The molecule has 12 heavy (non-hydrogen) atoms. The highest BCUT2D eigenvalue weighted by molar-refractivity contribution is 5.71. The highest BCUT2D eigenvalue weighted by atomic mass is 16.5. The van der Waals surface area contributed by atoms with Crippen LogP contribution in [-0.4, -0.2) is 42.7 Å². The number of carbonyl (C=O) groups excluding carboxylic acids is 1. The van der Waals surface area contributed by atoms with Crippen molar-refractivity contribution in [2.45, 2.75) is 13.2 Å². The molecule has 1 unspecified atom stereocenters. The zero-order chi connectivity index (χ0) is 9.56. The van der Waals surface area contributed by atoms with Crippen LogP contribution in [-0.2, 0) is 9.53 Å². The molecule has 0 aromatic carbocycles. The molecule has 0 spiro atoms. The van der Waals surface area contributed by atoms with Crippen LogP contribution in [0, 0.1) is 5.92 Å². The van der Waals surface area contributed by atoms with Crippen molar-refractivity contribution in [3.8, 4) is 0 Å². The summed E-state index contributed by atoms with van der Waals surface area (Å²) in [5.41, 5.74) is 0. The fourth-order valence-electron chi connectivity index (χ4n) is 0.713. The van der Waals surface area contributed by atoms with Gasteiger partial charge in [0, 0.05) is 13.1 Å². The molecule has 0 aliphatic carbocycles. The Balaban J connectivity index is 3.43. The Labute approximate surface area is 71.3 Å². The van der Waals surface area contributed by atoms with E-state index in [-0.39, 0.29) is 18.4 Å². The van der Waals surface area contributed by atoms with Crippen LogP contribution < -0.4 is 5.32 Å². The third kappa shape index (κ3) is 5.06. The van der Waals surface area contributed by atoms with E-state index in [0.717, 1.165) is 0 Å². The largest absolute Gasteiger partial charge is 0.469 e. The second-order valence-corrected chi connectivity index (χ2v) is 2.56. The first-order valence-corrected chi connectivity index (χ1v) is 3.72. The maximum Gasteiger partial charge on any atom is 0.309 e. The second kappa shape index (κ2) is 5.93. The minimum atomic E-state index is -1.38. The Morgan fingerprint density at radius 1 is 1.50 bits per heavy atom. The molecule has 0 saturated heterocycles. The van der Waals surface area contributed by atoms with Crippen molar-refractivity contribution < 1.29 is 19.7 Å². The molecule has 72 valence electrons. The maximum absolute atomic E-state index is 10.8. The van der Waals surface area contributed by atoms with Crippen molar-refractivity contribution >= 4 is 5.97 Å². The molecule has 5 heteroatoms. The number of hydrogen-bond donors (Lipinski definition) is 3. The predicted molar refractivity (Wildman–Crippen MR) is 42.3 cm³/mol. The van der Waals surface area contributed by atoms with E-state index < -0.39 is 6.29 Å². The van der Waals surface area contributed by atoms with Gasteiger partial charge >= 0.3 is 5.97 Å². The van der Waals surface area contributed by atoms with E-state index in [1.165, 1.54) is 7.11 Å². The van der Waals surface area contributed by atoms with Gasteiger partial charge < -0.3 is 20.3 Å². The first-order chi connectivity index (χ1) is 5.57. The van der Waals surface area contributed by atoms with Gasteiger partial charge in [-0.05, 0) is 0 Å². The minimum absolute atomic E-state index is 0.0569. The Kier molecular flexibility index (Phi) is 5.61. The third-order valence-corrected chi connectivity index (χ3v) is 1.38. The summed E-state index contributed by atoms with van der Waals surface area (Å²) in [4.78, 5) is 10.8. The van der Waals surface area contributed by atoms with Crippen LogP contribution in [0.3, 0.4) is 0 Å². The first kappa shape index (κ1) is 11.4. The van der Waals surface area contributed by atoms with Gasteiger partial charge in [0.1, 0.15) is 0 Å². The van der Waals surface area contributed by atoms with Gasteiger partial charge in [-0.1, -0.05) is 6.92 Å². The highest BCUT2D eigenvalue weighted by Crippen LogP contribution is 1.94. The van der Waals surface area contributed by atoms with Gasteiger partial charge in [0.2, 0.25) is 0 Å². The lowest BCUT2D eigenvalue weighted by atomic mass is 10.2. The van der Waals surface area contributed by atoms with Crippen LogP contribution in [0.15, 0.2) is 0 Å². The number of hydrogen-bond acceptors (Lipinski definition) is 5. The van der Waals surface area contributed by atoms with Crippen LogP contribution >= 0.6 is 0 Å². The van der Waals surface area contributed by atoms with Crippen molar-refractivity contribution in [2.75, 3.05) is 20.2 Å². The number of esters is 1. The number of methoxy groups -OCH3 is 1. The summed E-state index contributed by atoms with van der Waals surface area (Å²) in [5, 5.41) is 19.6. The van der Waals surface area contributed by atoms with Crippen LogP contribution in [0.1, 0.15) is 6.92 Å². The normalized spacial score (nSPS) is 13.1. The standard InChI is InChI=1S/C7H15NO4/c1-5(7(11)12-2)3-8-4-6(9)10/h5-6,8-10H,3-4H2,1-2H3. The summed E-state index contributed by atoms with van der Waals surface area (Å²) in [7, 11) is 1.32. The smallest absolute Gasteiger partial charge is 0.309 e. The van der Waals surface area contributed by atoms with Gasteiger partial charge in [-0.25, -0.2) is 0 Å². The number of carbonyl (C=O) groups is 1. The molecule has 0 aromatic heterocycles. The Morgan fingerprint density at radius 2 is 2.08 bits per heavy atom. The maximum atomic E-state index is 10.8. The monoisotopic (exact) mass is 177 g/mol. The lowest BCUT2D eigenvalue weighted by molar-refractivity contribution is -0.144. The molecule has 3 N–H and O–H groups in total. The van der Waals surface area contributed by atoms with Crippen molar-refractivity contribution in [2.24, 2.45) is 5.92 Å². The van der Waals surface area contributed by atoms with Crippen molar-refractivity contribution in [3.63, 3.8) is 0 Å². The van der Waals surface area contributed by atoms with E-state index in [2.05, 4.69) is 10.1 Å². The number of aliphatic hydroxyl groups is 2. The Morgan fingerprint density at radius 3 is 2.50 bits per heavy atom.